The molecule has 5 heteroatoms. The predicted octanol–water partition coefficient (Wildman–Crippen LogP) is 4.38. The van der Waals surface area contributed by atoms with E-state index in [1.165, 1.54) is 0 Å². The molecular formula is C23H27N3O2. The number of hydrogen-bond acceptors (Lipinski definition) is 3. The maximum atomic E-state index is 11.5. The summed E-state index contributed by atoms with van der Waals surface area (Å²) in [6.45, 7) is 5.11. The van der Waals surface area contributed by atoms with E-state index in [1.807, 2.05) is 85.4 Å². The lowest BCUT2D eigenvalue weighted by molar-refractivity contribution is -0.142. The van der Waals surface area contributed by atoms with Crippen LogP contribution in [0, 0.1) is 11.8 Å². The fraction of sp³-hybridized carbons (Fsp3) is 0.304. The maximum Gasteiger partial charge on any atom is 0.307 e. The van der Waals surface area contributed by atoms with Crippen molar-refractivity contribution in [3.63, 3.8) is 0 Å². The van der Waals surface area contributed by atoms with E-state index in [0.717, 1.165) is 22.5 Å². The van der Waals surface area contributed by atoms with E-state index in [4.69, 9.17) is 5.10 Å². The van der Waals surface area contributed by atoms with Gasteiger partial charge in [0.05, 0.1) is 17.3 Å². The molecule has 0 fully saturated rings. The molecule has 1 heterocycles. The lowest BCUT2D eigenvalue weighted by Gasteiger charge is -2.15. The number of hydrogen-bond donors (Lipinski definition) is 2. The van der Waals surface area contributed by atoms with Crippen LogP contribution in [0.1, 0.15) is 25.8 Å². The molecule has 0 bridgehead atoms. The number of aliphatic carboxylic acids is 1. The van der Waals surface area contributed by atoms with Gasteiger partial charge in [-0.25, -0.2) is 4.68 Å². The number of nitrogens with one attached hydrogen (secondary N) is 1. The molecular weight excluding hydrogens is 350 g/mol. The first-order chi connectivity index (χ1) is 13.5. The first kappa shape index (κ1) is 19.8. The summed E-state index contributed by atoms with van der Waals surface area (Å²) in [4.78, 5) is 11.5. The summed E-state index contributed by atoms with van der Waals surface area (Å²) in [5, 5.41) is 17.6. The summed E-state index contributed by atoms with van der Waals surface area (Å²) >= 11 is 0. The van der Waals surface area contributed by atoms with Crippen molar-refractivity contribution in [2.75, 3.05) is 6.54 Å². The van der Waals surface area contributed by atoms with E-state index in [9.17, 15) is 9.90 Å². The fourth-order valence-electron chi connectivity index (χ4n) is 3.31. The zero-order valence-corrected chi connectivity index (χ0v) is 16.4. The van der Waals surface area contributed by atoms with Gasteiger partial charge in [-0.05, 0) is 24.5 Å². The Labute approximate surface area is 166 Å². The van der Waals surface area contributed by atoms with Gasteiger partial charge in [-0.15, -0.1) is 0 Å². The second kappa shape index (κ2) is 9.33. The molecule has 28 heavy (non-hydrogen) atoms. The molecule has 3 rings (SSSR count). The minimum atomic E-state index is -0.746. The monoisotopic (exact) mass is 377 g/mol. The largest absolute Gasteiger partial charge is 0.481 e. The van der Waals surface area contributed by atoms with Crippen molar-refractivity contribution < 1.29 is 9.90 Å². The van der Waals surface area contributed by atoms with Gasteiger partial charge in [0.25, 0.3) is 0 Å². The molecule has 0 saturated carbocycles. The molecule has 1 unspecified atom stereocenters. The third kappa shape index (κ3) is 5.08. The SMILES string of the molecule is CC(C)CC(CNCc1cn(-c2ccccc2)nc1-c1ccccc1)C(=O)O. The zero-order chi connectivity index (χ0) is 19.9. The Balaban J connectivity index is 1.81. The van der Waals surface area contributed by atoms with Crippen LogP contribution in [0.25, 0.3) is 16.9 Å². The highest BCUT2D eigenvalue weighted by atomic mass is 16.4. The van der Waals surface area contributed by atoms with Gasteiger partial charge in [-0.3, -0.25) is 4.79 Å². The molecule has 1 atom stereocenters. The number of carbonyl (C=O) groups is 1. The van der Waals surface area contributed by atoms with E-state index in [1.54, 1.807) is 0 Å². The predicted molar refractivity (Wildman–Crippen MR) is 111 cm³/mol. The number of aromatic nitrogens is 2. The lowest BCUT2D eigenvalue weighted by atomic mass is 9.97. The number of nitrogens with zero attached hydrogens (tertiary/aromatic N) is 2. The highest BCUT2D eigenvalue weighted by molar-refractivity contribution is 5.70. The lowest BCUT2D eigenvalue weighted by Crippen LogP contribution is -2.29. The van der Waals surface area contributed by atoms with Gasteiger partial charge in [-0.2, -0.15) is 5.10 Å². The average Bonchev–Trinajstić information content (AvgIpc) is 3.12. The van der Waals surface area contributed by atoms with Crippen molar-refractivity contribution in [1.82, 2.24) is 15.1 Å². The highest BCUT2D eigenvalue weighted by Crippen LogP contribution is 2.23. The van der Waals surface area contributed by atoms with Crippen molar-refractivity contribution in [1.29, 1.82) is 0 Å². The highest BCUT2D eigenvalue weighted by Gasteiger charge is 2.19. The van der Waals surface area contributed by atoms with Crippen molar-refractivity contribution >= 4 is 5.97 Å². The second-order valence-corrected chi connectivity index (χ2v) is 7.44. The standard InChI is InChI=1S/C23H27N3O2/c1-17(2)13-19(23(27)28)14-24-15-20-16-26(21-11-7-4-8-12-21)25-22(20)18-9-5-3-6-10-18/h3-12,16-17,19,24H,13-15H2,1-2H3,(H,27,28). The summed E-state index contributed by atoms with van der Waals surface area (Å²) in [7, 11) is 0. The van der Waals surface area contributed by atoms with Crippen LogP contribution in [0.4, 0.5) is 0 Å². The van der Waals surface area contributed by atoms with Crippen LogP contribution >= 0.6 is 0 Å². The summed E-state index contributed by atoms with van der Waals surface area (Å²) in [5.74, 6) is -0.780. The van der Waals surface area contributed by atoms with Gasteiger partial charge in [-0.1, -0.05) is 62.4 Å². The molecule has 146 valence electrons. The molecule has 0 amide bonds. The number of carboxylic acids is 1. The maximum absolute atomic E-state index is 11.5. The van der Waals surface area contributed by atoms with Crippen LogP contribution in [-0.2, 0) is 11.3 Å². The Morgan fingerprint density at radius 1 is 1.07 bits per heavy atom. The molecule has 2 aromatic carbocycles. The third-order valence-electron chi connectivity index (χ3n) is 4.67. The van der Waals surface area contributed by atoms with Crippen molar-refractivity contribution in [3.05, 3.63) is 72.4 Å². The van der Waals surface area contributed by atoms with Crippen LogP contribution in [0.5, 0.6) is 0 Å². The van der Waals surface area contributed by atoms with E-state index in [2.05, 4.69) is 5.32 Å². The minimum Gasteiger partial charge on any atom is -0.481 e. The van der Waals surface area contributed by atoms with Gasteiger partial charge >= 0.3 is 5.97 Å². The third-order valence-corrected chi connectivity index (χ3v) is 4.67. The van der Waals surface area contributed by atoms with Gasteiger partial charge in [0.1, 0.15) is 0 Å². The second-order valence-electron chi connectivity index (χ2n) is 7.44. The van der Waals surface area contributed by atoms with Crippen LogP contribution in [0.15, 0.2) is 66.9 Å². The molecule has 5 nitrogen and oxygen atoms in total. The smallest absolute Gasteiger partial charge is 0.307 e. The summed E-state index contributed by atoms with van der Waals surface area (Å²) in [6.07, 6.45) is 2.68. The molecule has 0 aliphatic heterocycles. The Hall–Kier alpha value is -2.92. The number of rotatable bonds is 9. The normalized spacial score (nSPS) is 12.2. The Morgan fingerprint density at radius 2 is 1.71 bits per heavy atom. The van der Waals surface area contributed by atoms with E-state index in [0.29, 0.717) is 25.4 Å². The fourth-order valence-corrected chi connectivity index (χ4v) is 3.31. The Bertz CT molecular complexity index is 889. The molecule has 0 aliphatic rings. The summed E-state index contributed by atoms with van der Waals surface area (Å²) < 4.78 is 1.88. The van der Waals surface area contributed by atoms with E-state index in [-0.39, 0.29) is 5.92 Å². The quantitative estimate of drug-likeness (QED) is 0.581. The van der Waals surface area contributed by atoms with Gasteiger partial charge in [0.2, 0.25) is 0 Å². The number of benzene rings is 2. The van der Waals surface area contributed by atoms with Crippen LogP contribution in [0.3, 0.4) is 0 Å². The van der Waals surface area contributed by atoms with Gasteiger partial charge in [0, 0.05) is 30.4 Å². The molecule has 0 saturated heterocycles. The first-order valence-electron chi connectivity index (χ1n) is 9.67. The van der Waals surface area contributed by atoms with Crippen LogP contribution < -0.4 is 5.32 Å². The topological polar surface area (TPSA) is 67.2 Å². The number of carboxylic acid groups (broad SMARTS) is 1. The molecule has 3 aromatic rings. The number of para-hydroxylation sites is 1. The van der Waals surface area contributed by atoms with Gasteiger partial charge in [0.15, 0.2) is 0 Å². The van der Waals surface area contributed by atoms with E-state index < -0.39 is 5.97 Å². The Kier molecular flexibility index (Phi) is 6.61. The first-order valence-corrected chi connectivity index (χ1v) is 9.67. The van der Waals surface area contributed by atoms with Gasteiger partial charge < -0.3 is 10.4 Å². The molecule has 0 radical (unpaired) electrons. The van der Waals surface area contributed by atoms with Crippen LogP contribution in [0.2, 0.25) is 0 Å². The molecule has 2 N–H and O–H groups in total. The average molecular weight is 377 g/mol. The van der Waals surface area contributed by atoms with E-state index >= 15 is 0 Å². The Morgan fingerprint density at radius 3 is 2.32 bits per heavy atom. The molecule has 0 aliphatic carbocycles. The zero-order valence-electron chi connectivity index (χ0n) is 16.4. The van der Waals surface area contributed by atoms with Crippen LogP contribution in [-0.4, -0.2) is 27.4 Å². The van der Waals surface area contributed by atoms with Crippen molar-refractivity contribution in [2.24, 2.45) is 11.8 Å². The minimum absolute atomic E-state index is 0.351. The molecule has 0 spiro atoms. The summed E-state index contributed by atoms with van der Waals surface area (Å²) in [5.41, 5.74) is 4.00. The molecule has 1 aromatic heterocycles. The van der Waals surface area contributed by atoms with Crippen molar-refractivity contribution in [3.8, 4) is 16.9 Å². The van der Waals surface area contributed by atoms with Crippen molar-refractivity contribution in [2.45, 2.75) is 26.8 Å². The summed E-state index contributed by atoms with van der Waals surface area (Å²) in [6, 6.07) is 20.0.